The summed E-state index contributed by atoms with van der Waals surface area (Å²) >= 11 is -5.22. The van der Waals surface area contributed by atoms with Gasteiger partial charge in [-0.25, -0.2) is 0 Å². The number of halogens is 3. The zero-order valence-electron chi connectivity index (χ0n) is 4.07. The minimum atomic E-state index is -5.22. The Kier molecular flexibility index (Phi) is 9.91. The molecule has 0 aliphatic carbocycles. The predicted octanol–water partition coefficient (Wildman–Crippen LogP) is 0.971. The molecular formula is C2H4F3O2Tl. The second-order valence-electron chi connectivity index (χ2n) is 0.766. The number of hydrogen-bond donors (Lipinski definition) is 1. The zero-order chi connectivity index (χ0) is 7.15. The third-order valence-corrected chi connectivity index (χ3v) is 0. The number of carbonyl (C=O) groups is 1. The average molecular weight is 321 g/mol. The fourth-order valence-corrected chi connectivity index (χ4v) is 0. The normalized spacial score (nSPS) is 6.50. The molecule has 0 saturated heterocycles. The van der Waals surface area contributed by atoms with E-state index in [2.05, 4.69) is 0 Å². The van der Waals surface area contributed by atoms with E-state index in [-0.39, 0.29) is 0 Å². The summed E-state index contributed by atoms with van der Waals surface area (Å²) < 4.78 is 29.7. The van der Waals surface area contributed by atoms with E-state index in [1.54, 1.807) is 0 Å². The molecule has 0 rings (SSSR count). The van der Waals surface area contributed by atoms with Gasteiger partial charge in [-0.1, -0.05) is 0 Å². The molecule has 0 saturated carbocycles. The van der Waals surface area contributed by atoms with Crippen molar-refractivity contribution in [1.29, 1.82) is 0 Å². The molecule has 48 valence electrons. The molecular weight excluding hydrogens is 317 g/mol. The predicted molar refractivity (Wildman–Crippen MR) is 22.4 cm³/mol. The fourth-order valence-electron chi connectivity index (χ4n) is 0. The molecule has 0 aromatic heterocycles. The van der Waals surface area contributed by atoms with E-state index in [9.17, 15) is 7.53 Å². The molecule has 0 bridgehead atoms. The van der Waals surface area contributed by atoms with Crippen molar-refractivity contribution in [2.75, 3.05) is 0 Å². The second kappa shape index (κ2) is 7.18. The topological polar surface area (TPSA) is 37.3 Å². The SMILES string of the molecule is CC(=O)O.[F][Tl]([F])[F]. The third-order valence-electron chi connectivity index (χ3n) is 0. The van der Waals surface area contributed by atoms with Crippen LogP contribution in [0.25, 0.3) is 0 Å². The van der Waals surface area contributed by atoms with E-state index in [1.807, 2.05) is 0 Å². The summed E-state index contributed by atoms with van der Waals surface area (Å²) in [5, 5.41) is 7.42. The summed E-state index contributed by atoms with van der Waals surface area (Å²) in [5.74, 6) is -0.833. The van der Waals surface area contributed by atoms with E-state index in [4.69, 9.17) is 9.90 Å². The molecule has 0 fully saturated rings. The Bertz CT molecular complexity index is 59.5. The Labute approximate surface area is 55.2 Å². The van der Waals surface area contributed by atoms with E-state index in [0.29, 0.717) is 0 Å². The Morgan fingerprint density at radius 2 is 1.50 bits per heavy atom. The molecule has 0 heterocycles. The number of aliphatic carboxylic acids is 1. The Hall–Kier alpha value is 0.182. The number of rotatable bonds is 0. The molecule has 1 N–H and O–H groups in total. The molecule has 2 nitrogen and oxygen atoms in total. The molecule has 0 atom stereocenters. The molecule has 0 aromatic carbocycles. The molecule has 0 spiro atoms. The molecule has 6 heteroatoms. The van der Waals surface area contributed by atoms with Gasteiger partial charge < -0.3 is 5.11 Å². The van der Waals surface area contributed by atoms with Crippen LogP contribution in [0.1, 0.15) is 6.92 Å². The second-order valence-corrected chi connectivity index (χ2v) is 2.69. The van der Waals surface area contributed by atoms with Crippen LogP contribution in [0.3, 0.4) is 0 Å². The van der Waals surface area contributed by atoms with Crippen LogP contribution in [0.2, 0.25) is 0 Å². The van der Waals surface area contributed by atoms with Crippen molar-refractivity contribution in [2.24, 2.45) is 0 Å². The first-order chi connectivity index (χ1) is 3.46. The Morgan fingerprint density at radius 3 is 1.50 bits per heavy atom. The maximum absolute atomic E-state index is 9.89. The van der Waals surface area contributed by atoms with Gasteiger partial charge >= 0.3 is 32.1 Å². The van der Waals surface area contributed by atoms with Crippen LogP contribution in [0.15, 0.2) is 0 Å². The first kappa shape index (κ1) is 11.0. The van der Waals surface area contributed by atoms with E-state index in [1.165, 1.54) is 0 Å². The molecule has 0 aromatic rings. The molecule has 0 aliphatic rings. The summed E-state index contributed by atoms with van der Waals surface area (Å²) in [6.07, 6.45) is 0. The summed E-state index contributed by atoms with van der Waals surface area (Å²) in [6, 6.07) is 0. The van der Waals surface area contributed by atoms with Crippen LogP contribution in [-0.2, 0) is 4.79 Å². The summed E-state index contributed by atoms with van der Waals surface area (Å²) in [6.45, 7) is 1.08. The molecule has 8 heavy (non-hydrogen) atoms. The molecule has 0 aliphatic heterocycles. The molecule has 0 unspecified atom stereocenters. The van der Waals surface area contributed by atoms with Crippen molar-refractivity contribution in [1.82, 2.24) is 0 Å². The molecule has 0 amide bonds. The molecule has 0 radical (unpaired) electrons. The number of carboxylic acid groups (broad SMARTS) is 1. The number of carboxylic acids is 1. The van der Waals surface area contributed by atoms with Gasteiger partial charge in [-0.15, -0.1) is 0 Å². The van der Waals surface area contributed by atoms with E-state index >= 15 is 0 Å². The van der Waals surface area contributed by atoms with Gasteiger partial charge in [0.25, 0.3) is 5.97 Å². The van der Waals surface area contributed by atoms with Gasteiger partial charge in [0.15, 0.2) is 0 Å². The maximum atomic E-state index is 9.89. The van der Waals surface area contributed by atoms with Gasteiger partial charge in [0, 0.05) is 6.92 Å². The van der Waals surface area contributed by atoms with Gasteiger partial charge in [0.05, 0.1) is 0 Å². The first-order valence-electron chi connectivity index (χ1n) is 1.58. The summed E-state index contributed by atoms with van der Waals surface area (Å²) in [7, 11) is 0. The van der Waals surface area contributed by atoms with Gasteiger partial charge in [0.2, 0.25) is 0 Å². The van der Waals surface area contributed by atoms with Gasteiger partial charge in [-0.05, 0) is 0 Å². The summed E-state index contributed by atoms with van der Waals surface area (Å²) in [4.78, 5) is 9.00. The van der Waals surface area contributed by atoms with Crippen molar-refractivity contribution in [3.8, 4) is 0 Å². The summed E-state index contributed by atoms with van der Waals surface area (Å²) in [5.41, 5.74) is 0. The Balaban J connectivity index is 0. The average Bonchev–Trinajstić information content (AvgIpc) is 1.25. The van der Waals surface area contributed by atoms with Crippen LogP contribution in [0.5, 0.6) is 0 Å². The minimum absolute atomic E-state index is 0.833. The van der Waals surface area contributed by atoms with Gasteiger partial charge in [0.1, 0.15) is 0 Å². The van der Waals surface area contributed by atoms with Crippen LogP contribution in [0, 0.1) is 0 Å². The fraction of sp³-hybridized carbons (Fsp3) is 0.500. The Morgan fingerprint density at radius 1 is 1.50 bits per heavy atom. The number of hydrogen-bond acceptors (Lipinski definition) is 1. The van der Waals surface area contributed by atoms with Crippen molar-refractivity contribution in [2.45, 2.75) is 6.92 Å². The third kappa shape index (κ3) is 5010. The van der Waals surface area contributed by atoms with Crippen molar-refractivity contribution < 1.29 is 17.4 Å². The van der Waals surface area contributed by atoms with Crippen LogP contribution in [-0.4, -0.2) is 35.7 Å². The van der Waals surface area contributed by atoms with Crippen LogP contribution in [0.4, 0.5) is 7.53 Å². The van der Waals surface area contributed by atoms with Gasteiger partial charge in [-0.3, -0.25) is 4.79 Å². The van der Waals surface area contributed by atoms with Crippen LogP contribution >= 0.6 is 0 Å². The van der Waals surface area contributed by atoms with E-state index in [0.717, 1.165) is 6.92 Å². The van der Waals surface area contributed by atoms with Crippen molar-refractivity contribution >= 4 is 30.6 Å². The monoisotopic (exact) mass is 322 g/mol. The standard InChI is InChI=1S/C2H4O2.3FH.Tl/c1-2(3)4;;;;/h1H3,(H,3,4);3*1H;/q;;;;+3/p-3. The zero-order valence-corrected chi connectivity index (χ0v) is 8.56. The quantitative estimate of drug-likeness (QED) is 0.675. The van der Waals surface area contributed by atoms with Gasteiger partial charge in [-0.2, -0.15) is 0 Å². The first-order valence-corrected chi connectivity index (χ1v) is 6.67. The van der Waals surface area contributed by atoms with Crippen LogP contribution < -0.4 is 0 Å². The van der Waals surface area contributed by atoms with Crippen molar-refractivity contribution in [3.63, 3.8) is 0 Å². The van der Waals surface area contributed by atoms with E-state index < -0.39 is 30.6 Å². The van der Waals surface area contributed by atoms with Crippen molar-refractivity contribution in [3.05, 3.63) is 0 Å².